The first kappa shape index (κ1) is 24.6. The summed E-state index contributed by atoms with van der Waals surface area (Å²) in [5.74, 6) is 0.106. The maximum atomic E-state index is 13.3. The van der Waals surface area contributed by atoms with E-state index in [1.807, 2.05) is 54.6 Å². The Hall–Kier alpha value is -4.07. The van der Waals surface area contributed by atoms with E-state index in [1.165, 1.54) is 12.1 Å². The van der Waals surface area contributed by atoms with Crippen LogP contribution in [0.2, 0.25) is 0 Å². The lowest BCUT2D eigenvalue weighted by Crippen LogP contribution is -2.51. The molecule has 3 amide bonds. The standard InChI is InChI=1S/C26H29FN4O3/c1-34-23-12-10-22(11-13-23)28-14-15-29-25(32)24(17-19-6-3-2-4-7-19)31-26(33)30-18-20-8-5-9-21(27)16-20/h2-13,16,24,28H,14-15,17-18H2,1H3,(H,29,32)(H2,30,31,33)/t24-/m0/s1. The van der Waals surface area contributed by atoms with Crippen LogP contribution in [0.3, 0.4) is 0 Å². The van der Waals surface area contributed by atoms with Gasteiger partial charge in [-0.15, -0.1) is 0 Å². The Labute approximate surface area is 198 Å². The average Bonchev–Trinajstić information content (AvgIpc) is 2.86. The van der Waals surface area contributed by atoms with Gasteiger partial charge in [0.15, 0.2) is 0 Å². The van der Waals surface area contributed by atoms with E-state index in [9.17, 15) is 14.0 Å². The third-order valence-electron chi connectivity index (χ3n) is 5.09. The quantitative estimate of drug-likeness (QED) is 0.327. The highest BCUT2D eigenvalue weighted by Gasteiger charge is 2.21. The van der Waals surface area contributed by atoms with E-state index < -0.39 is 12.1 Å². The zero-order valence-corrected chi connectivity index (χ0v) is 19.0. The molecule has 0 fully saturated rings. The molecular weight excluding hydrogens is 435 g/mol. The van der Waals surface area contributed by atoms with Gasteiger partial charge in [-0.05, 0) is 47.5 Å². The summed E-state index contributed by atoms with van der Waals surface area (Å²) in [4.78, 5) is 25.3. The number of methoxy groups -OCH3 is 1. The topological polar surface area (TPSA) is 91.5 Å². The summed E-state index contributed by atoms with van der Waals surface area (Å²) in [6.45, 7) is 1.04. The second-order valence-electron chi connectivity index (χ2n) is 7.65. The fourth-order valence-electron chi connectivity index (χ4n) is 3.32. The molecule has 0 saturated carbocycles. The second-order valence-corrected chi connectivity index (χ2v) is 7.65. The Kier molecular flexibility index (Phi) is 9.28. The molecule has 0 spiro atoms. The molecule has 3 aromatic rings. The number of ether oxygens (including phenoxy) is 1. The summed E-state index contributed by atoms with van der Waals surface area (Å²) in [5, 5.41) is 11.5. The van der Waals surface area contributed by atoms with Crippen molar-refractivity contribution in [3.63, 3.8) is 0 Å². The summed E-state index contributed by atoms with van der Waals surface area (Å²) in [5.41, 5.74) is 2.46. The Morgan fingerprint density at radius 3 is 2.32 bits per heavy atom. The van der Waals surface area contributed by atoms with E-state index in [1.54, 1.807) is 19.2 Å². The van der Waals surface area contributed by atoms with Crippen LogP contribution in [0.5, 0.6) is 5.75 Å². The third-order valence-corrected chi connectivity index (χ3v) is 5.09. The number of rotatable bonds is 11. The van der Waals surface area contributed by atoms with Crippen LogP contribution < -0.4 is 26.0 Å². The molecule has 1 atom stereocenters. The van der Waals surface area contributed by atoms with Gasteiger partial charge in [0.1, 0.15) is 17.6 Å². The molecule has 0 unspecified atom stereocenters. The molecule has 8 heteroatoms. The van der Waals surface area contributed by atoms with Crippen LogP contribution in [-0.4, -0.2) is 38.2 Å². The van der Waals surface area contributed by atoms with Gasteiger partial charge in [0.05, 0.1) is 7.11 Å². The highest BCUT2D eigenvalue weighted by Crippen LogP contribution is 2.14. The number of halogens is 1. The number of hydrogen-bond acceptors (Lipinski definition) is 4. The molecule has 0 aliphatic heterocycles. The number of anilines is 1. The van der Waals surface area contributed by atoms with Crippen molar-refractivity contribution in [3.05, 3.63) is 95.8 Å². The average molecular weight is 465 g/mol. The Balaban J connectivity index is 1.52. The van der Waals surface area contributed by atoms with Crippen molar-refractivity contribution in [2.75, 3.05) is 25.5 Å². The molecule has 0 aliphatic rings. The molecule has 178 valence electrons. The lowest BCUT2D eigenvalue weighted by molar-refractivity contribution is -0.122. The third kappa shape index (κ3) is 8.12. The maximum absolute atomic E-state index is 13.3. The number of benzene rings is 3. The highest BCUT2D eigenvalue weighted by atomic mass is 19.1. The normalized spacial score (nSPS) is 11.2. The van der Waals surface area contributed by atoms with E-state index in [0.717, 1.165) is 17.0 Å². The van der Waals surface area contributed by atoms with Gasteiger partial charge >= 0.3 is 6.03 Å². The minimum atomic E-state index is -0.768. The van der Waals surface area contributed by atoms with Gasteiger partial charge in [-0.3, -0.25) is 4.79 Å². The molecule has 0 bridgehead atoms. The molecular formula is C26H29FN4O3. The van der Waals surface area contributed by atoms with Crippen molar-refractivity contribution >= 4 is 17.6 Å². The first-order valence-electron chi connectivity index (χ1n) is 11.0. The van der Waals surface area contributed by atoms with Crippen molar-refractivity contribution in [1.82, 2.24) is 16.0 Å². The molecule has 0 radical (unpaired) electrons. The molecule has 4 N–H and O–H groups in total. The summed E-state index contributed by atoms with van der Waals surface area (Å²) in [6.07, 6.45) is 0.339. The van der Waals surface area contributed by atoms with Crippen LogP contribution in [0, 0.1) is 5.82 Å². The first-order chi connectivity index (χ1) is 16.5. The number of nitrogens with one attached hydrogen (secondary N) is 4. The monoisotopic (exact) mass is 464 g/mol. The van der Waals surface area contributed by atoms with Crippen LogP contribution >= 0.6 is 0 Å². The van der Waals surface area contributed by atoms with Crippen molar-refractivity contribution < 1.29 is 18.7 Å². The number of urea groups is 1. The highest BCUT2D eigenvalue weighted by molar-refractivity contribution is 5.87. The SMILES string of the molecule is COc1ccc(NCCNC(=O)[C@H](Cc2ccccc2)NC(=O)NCc2cccc(F)c2)cc1. The van der Waals surface area contributed by atoms with Gasteiger partial charge in [-0.1, -0.05) is 42.5 Å². The second kappa shape index (κ2) is 12.8. The Morgan fingerprint density at radius 1 is 0.882 bits per heavy atom. The Bertz CT molecular complexity index is 1060. The minimum Gasteiger partial charge on any atom is -0.497 e. The smallest absolute Gasteiger partial charge is 0.315 e. The van der Waals surface area contributed by atoms with Gasteiger partial charge in [-0.25, -0.2) is 9.18 Å². The number of amides is 3. The van der Waals surface area contributed by atoms with Gasteiger partial charge < -0.3 is 26.0 Å². The lowest BCUT2D eigenvalue weighted by atomic mass is 10.1. The Morgan fingerprint density at radius 2 is 1.62 bits per heavy atom. The number of carbonyl (C=O) groups is 2. The predicted molar refractivity (Wildman–Crippen MR) is 130 cm³/mol. The van der Waals surface area contributed by atoms with Gasteiger partial charge in [0.25, 0.3) is 0 Å². The molecule has 3 aromatic carbocycles. The van der Waals surface area contributed by atoms with Crippen LogP contribution in [0.15, 0.2) is 78.9 Å². The molecule has 0 aliphatic carbocycles. The maximum Gasteiger partial charge on any atom is 0.315 e. The summed E-state index contributed by atoms with van der Waals surface area (Å²) >= 11 is 0. The molecule has 3 rings (SSSR count). The van der Waals surface area contributed by atoms with Crippen LogP contribution in [0.4, 0.5) is 14.9 Å². The molecule has 34 heavy (non-hydrogen) atoms. The minimum absolute atomic E-state index is 0.148. The largest absolute Gasteiger partial charge is 0.497 e. The summed E-state index contributed by atoms with van der Waals surface area (Å²) < 4.78 is 18.5. The molecule has 0 saturated heterocycles. The predicted octanol–water partition coefficient (Wildman–Crippen LogP) is 3.47. The summed E-state index contributed by atoms with van der Waals surface area (Å²) in [7, 11) is 1.61. The van der Waals surface area contributed by atoms with Crippen molar-refractivity contribution in [2.24, 2.45) is 0 Å². The summed E-state index contributed by atoms with van der Waals surface area (Å²) in [6, 6.07) is 21.7. The van der Waals surface area contributed by atoms with E-state index in [0.29, 0.717) is 25.1 Å². The lowest BCUT2D eigenvalue weighted by Gasteiger charge is -2.19. The van der Waals surface area contributed by atoms with Gasteiger partial charge in [0.2, 0.25) is 5.91 Å². The number of hydrogen-bond donors (Lipinski definition) is 4. The fraction of sp³-hybridized carbons (Fsp3) is 0.231. The van der Waals surface area contributed by atoms with E-state index in [-0.39, 0.29) is 18.3 Å². The molecule has 0 heterocycles. The fourth-order valence-corrected chi connectivity index (χ4v) is 3.32. The van der Waals surface area contributed by atoms with Crippen LogP contribution in [0.1, 0.15) is 11.1 Å². The number of carbonyl (C=O) groups excluding carboxylic acids is 2. The van der Waals surface area contributed by atoms with Crippen molar-refractivity contribution in [1.29, 1.82) is 0 Å². The molecule has 0 aromatic heterocycles. The van der Waals surface area contributed by atoms with E-state index in [2.05, 4.69) is 21.3 Å². The van der Waals surface area contributed by atoms with Gasteiger partial charge in [-0.2, -0.15) is 0 Å². The zero-order chi connectivity index (χ0) is 24.2. The van der Waals surface area contributed by atoms with Gasteiger partial charge in [0, 0.05) is 31.7 Å². The molecule has 7 nitrogen and oxygen atoms in total. The van der Waals surface area contributed by atoms with Crippen LogP contribution in [0.25, 0.3) is 0 Å². The van der Waals surface area contributed by atoms with E-state index >= 15 is 0 Å². The zero-order valence-electron chi connectivity index (χ0n) is 19.0. The first-order valence-corrected chi connectivity index (χ1v) is 11.0. The van der Waals surface area contributed by atoms with E-state index in [4.69, 9.17) is 4.74 Å². The van der Waals surface area contributed by atoms with Crippen LogP contribution in [-0.2, 0) is 17.8 Å². The van der Waals surface area contributed by atoms with Crippen molar-refractivity contribution in [3.8, 4) is 5.75 Å². The van der Waals surface area contributed by atoms with Crippen molar-refractivity contribution in [2.45, 2.75) is 19.0 Å².